The van der Waals surface area contributed by atoms with Crippen molar-refractivity contribution in [3.8, 4) is 0 Å². The van der Waals surface area contributed by atoms with E-state index in [2.05, 4.69) is 0 Å². The molecule has 4 heteroatoms. The molecule has 0 aromatic heterocycles. The first-order chi connectivity index (χ1) is 5.70. The molecule has 12 heavy (non-hydrogen) atoms. The van der Waals surface area contributed by atoms with Gasteiger partial charge in [-0.2, -0.15) is 0 Å². The van der Waals surface area contributed by atoms with Crippen LogP contribution < -0.4 is 0 Å². The maximum absolute atomic E-state index is 11.3. The molecule has 0 saturated carbocycles. The fourth-order valence-electron chi connectivity index (χ4n) is 0.982. The Morgan fingerprint density at radius 1 is 1.58 bits per heavy atom. The number of carboxylic acid groups (broad SMARTS) is 1. The third-order valence-electron chi connectivity index (χ3n) is 1.54. The third kappa shape index (κ3) is 2.62. The van der Waals surface area contributed by atoms with Crippen LogP contribution in [-0.2, 0) is 15.6 Å². The van der Waals surface area contributed by atoms with E-state index >= 15 is 0 Å². The zero-order valence-electron chi connectivity index (χ0n) is 6.47. The molecule has 0 amide bonds. The van der Waals surface area contributed by atoms with E-state index in [1.54, 1.807) is 12.2 Å². The molecule has 1 aliphatic rings. The van der Waals surface area contributed by atoms with Crippen molar-refractivity contribution in [2.24, 2.45) is 0 Å². The van der Waals surface area contributed by atoms with Gasteiger partial charge >= 0.3 is 5.97 Å². The van der Waals surface area contributed by atoms with Crippen molar-refractivity contribution in [3.05, 3.63) is 24.3 Å². The van der Waals surface area contributed by atoms with E-state index in [-0.39, 0.29) is 11.0 Å². The van der Waals surface area contributed by atoms with Gasteiger partial charge in [-0.15, -0.1) is 0 Å². The highest BCUT2D eigenvalue weighted by molar-refractivity contribution is 7.86. The summed E-state index contributed by atoms with van der Waals surface area (Å²) in [4.78, 5) is 10.2. The van der Waals surface area contributed by atoms with Gasteiger partial charge in [0.25, 0.3) is 0 Å². The Labute approximate surface area is 73.2 Å². The minimum absolute atomic E-state index is 0.119. The number of allylic oxidation sites excluding steroid dienone is 3. The summed E-state index contributed by atoms with van der Waals surface area (Å²) < 4.78 is 11.3. The lowest BCUT2D eigenvalue weighted by molar-refractivity contribution is -0.133. The van der Waals surface area contributed by atoms with E-state index in [0.717, 1.165) is 0 Å². The quantitative estimate of drug-likeness (QED) is 0.706. The van der Waals surface area contributed by atoms with Crippen LogP contribution in [0.2, 0.25) is 0 Å². The number of carbonyl (C=O) groups is 1. The van der Waals surface area contributed by atoms with Crippen LogP contribution in [-0.4, -0.2) is 26.3 Å². The van der Waals surface area contributed by atoms with Gasteiger partial charge in [0.1, 0.15) is 5.75 Å². The van der Waals surface area contributed by atoms with E-state index in [0.29, 0.717) is 6.42 Å². The molecule has 0 radical (unpaired) electrons. The lowest BCUT2D eigenvalue weighted by Crippen LogP contribution is -2.20. The maximum Gasteiger partial charge on any atom is 0.316 e. The molecule has 3 nitrogen and oxygen atoms in total. The van der Waals surface area contributed by atoms with Gasteiger partial charge in [-0.3, -0.25) is 9.00 Å². The normalized spacial score (nSPS) is 23.8. The highest BCUT2D eigenvalue weighted by atomic mass is 32.2. The lowest BCUT2D eigenvalue weighted by atomic mass is 10.2. The van der Waals surface area contributed by atoms with Gasteiger partial charge < -0.3 is 5.11 Å². The SMILES string of the molecule is O=C(O)CS(=O)C1C=CC=CC1. The highest BCUT2D eigenvalue weighted by Gasteiger charge is 2.15. The van der Waals surface area contributed by atoms with Gasteiger partial charge in [-0.1, -0.05) is 24.3 Å². The monoisotopic (exact) mass is 186 g/mol. The second-order valence-corrected chi connectivity index (χ2v) is 4.16. The first kappa shape index (κ1) is 9.19. The van der Waals surface area contributed by atoms with Crippen LogP contribution in [0.15, 0.2) is 24.3 Å². The van der Waals surface area contributed by atoms with E-state index in [1.165, 1.54) is 0 Å². The summed E-state index contributed by atoms with van der Waals surface area (Å²) >= 11 is 0. The van der Waals surface area contributed by atoms with Crippen LogP contribution in [0.25, 0.3) is 0 Å². The largest absolute Gasteiger partial charge is 0.481 e. The van der Waals surface area contributed by atoms with Crippen LogP contribution in [0.4, 0.5) is 0 Å². The molecule has 66 valence electrons. The van der Waals surface area contributed by atoms with Crippen molar-refractivity contribution < 1.29 is 14.1 Å². The van der Waals surface area contributed by atoms with Crippen LogP contribution in [0.3, 0.4) is 0 Å². The topological polar surface area (TPSA) is 54.4 Å². The molecule has 0 bridgehead atoms. The zero-order valence-corrected chi connectivity index (χ0v) is 7.29. The Kier molecular flexibility index (Phi) is 3.22. The average Bonchev–Trinajstić information content (AvgIpc) is 2.05. The third-order valence-corrected chi connectivity index (χ3v) is 3.10. The Morgan fingerprint density at radius 3 is 2.83 bits per heavy atom. The van der Waals surface area contributed by atoms with Gasteiger partial charge in [0.05, 0.1) is 5.25 Å². The van der Waals surface area contributed by atoms with Crippen molar-refractivity contribution in [2.45, 2.75) is 11.7 Å². The summed E-state index contributed by atoms with van der Waals surface area (Å²) in [7, 11) is -1.27. The fraction of sp³-hybridized carbons (Fsp3) is 0.375. The number of aliphatic carboxylic acids is 1. The standard InChI is InChI=1S/C8H10O3S/c9-8(10)6-12(11)7-4-2-1-3-5-7/h1-4,7H,5-6H2,(H,9,10). The van der Waals surface area contributed by atoms with Gasteiger partial charge in [0.2, 0.25) is 0 Å². The summed E-state index contributed by atoms with van der Waals surface area (Å²) in [5, 5.41) is 8.26. The van der Waals surface area contributed by atoms with Crippen LogP contribution in [0, 0.1) is 0 Å². The molecule has 0 fully saturated rings. The number of rotatable bonds is 3. The minimum atomic E-state index is -1.27. The molecule has 0 aromatic carbocycles. The molecule has 0 heterocycles. The molecule has 1 aliphatic carbocycles. The second-order valence-electron chi connectivity index (χ2n) is 2.51. The smallest absolute Gasteiger partial charge is 0.316 e. The summed E-state index contributed by atoms with van der Waals surface area (Å²) in [6, 6.07) is 0. The molecular formula is C8H10O3S. The Morgan fingerprint density at radius 2 is 2.33 bits per heavy atom. The summed E-state index contributed by atoms with van der Waals surface area (Å²) in [5.74, 6) is -1.26. The van der Waals surface area contributed by atoms with E-state index in [1.807, 2.05) is 12.2 Å². The number of hydrogen-bond donors (Lipinski definition) is 1. The molecule has 0 aliphatic heterocycles. The first-order valence-electron chi connectivity index (χ1n) is 3.62. The van der Waals surface area contributed by atoms with Crippen LogP contribution in [0.1, 0.15) is 6.42 Å². The average molecular weight is 186 g/mol. The van der Waals surface area contributed by atoms with Gasteiger partial charge in [0.15, 0.2) is 0 Å². The van der Waals surface area contributed by atoms with E-state index in [4.69, 9.17) is 5.11 Å². The van der Waals surface area contributed by atoms with Crippen molar-refractivity contribution in [1.82, 2.24) is 0 Å². The van der Waals surface area contributed by atoms with Gasteiger partial charge in [-0.25, -0.2) is 0 Å². The predicted molar refractivity (Wildman–Crippen MR) is 47.3 cm³/mol. The molecule has 0 spiro atoms. The summed E-state index contributed by atoms with van der Waals surface area (Å²) in [6.45, 7) is 0. The minimum Gasteiger partial charge on any atom is -0.481 e. The molecular weight excluding hydrogens is 176 g/mol. The van der Waals surface area contributed by atoms with Crippen molar-refractivity contribution in [3.63, 3.8) is 0 Å². The first-order valence-corrected chi connectivity index (χ1v) is 5.00. The van der Waals surface area contributed by atoms with E-state index < -0.39 is 16.8 Å². The highest BCUT2D eigenvalue weighted by Crippen LogP contribution is 2.10. The maximum atomic E-state index is 11.3. The molecule has 2 unspecified atom stereocenters. The van der Waals surface area contributed by atoms with Crippen LogP contribution >= 0.6 is 0 Å². The molecule has 2 atom stereocenters. The summed E-state index contributed by atoms with van der Waals surface area (Å²) in [6.07, 6.45) is 8.03. The van der Waals surface area contributed by atoms with Crippen molar-refractivity contribution >= 4 is 16.8 Å². The molecule has 1 N–H and O–H groups in total. The second kappa shape index (κ2) is 4.21. The van der Waals surface area contributed by atoms with Gasteiger partial charge in [0, 0.05) is 10.8 Å². The van der Waals surface area contributed by atoms with Crippen LogP contribution in [0.5, 0.6) is 0 Å². The summed E-state index contributed by atoms with van der Waals surface area (Å²) in [5.41, 5.74) is 0. The number of hydrogen-bond acceptors (Lipinski definition) is 2. The molecule has 1 rings (SSSR count). The molecule has 0 saturated heterocycles. The zero-order chi connectivity index (χ0) is 8.97. The Balaban J connectivity index is 2.48. The predicted octanol–water partition coefficient (Wildman–Crippen LogP) is 0.704. The van der Waals surface area contributed by atoms with Crippen molar-refractivity contribution in [1.29, 1.82) is 0 Å². The van der Waals surface area contributed by atoms with Crippen molar-refractivity contribution in [2.75, 3.05) is 5.75 Å². The Hall–Kier alpha value is -0.900. The van der Waals surface area contributed by atoms with E-state index in [9.17, 15) is 9.00 Å². The van der Waals surface area contributed by atoms with Gasteiger partial charge in [-0.05, 0) is 6.42 Å². The Bertz CT molecular complexity index is 255. The fourth-order valence-corrected chi connectivity index (χ4v) is 2.03. The number of carboxylic acids is 1. The lowest BCUT2D eigenvalue weighted by Gasteiger charge is -2.10. The molecule has 0 aromatic rings.